The number of nitrogens with zero attached hydrogens (tertiary/aromatic N) is 2. The molecule has 3 N–H and O–H groups in total. The zero-order valence-electron chi connectivity index (χ0n) is 12.9. The smallest absolute Gasteiger partial charge is 0.188 e. The summed E-state index contributed by atoms with van der Waals surface area (Å²) in [6.45, 7) is 1.32. The van der Waals surface area contributed by atoms with E-state index in [1.54, 1.807) is 30.1 Å². The second-order valence-corrected chi connectivity index (χ2v) is 6.01. The van der Waals surface area contributed by atoms with Crippen LogP contribution < -0.4 is 11.1 Å². The Balaban J connectivity index is 1.59. The van der Waals surface area contributed by atoms with Crippen molar-refractivity contribution in [2.24, 2.45) is 10.7 Å². The van der Waals surface area contributed by atoms with E-state index in [2.05, 4.69) is 15.3 Å². The van der Waals surface area contributed by atoms with Gasteiger partial charge in [0.25, 0.3) is 0 Å². The molecular formula is C17H21FN4S. The Morgan fingerprint density at radius 3 is 2.83 bits per heavy atom. The molecule has 0 atom stereocenters. The van der Waals surface area contributed by atoms with Crippen LogP contribution >= 0.6 is 11.8 Å². The highest BCUT2D eigenvalue weighted by molar-refractivity contribution is 7.98. The molecule has 0 unspecified atom stereocenters. The average molecular weight is 332 g/mol. The molecule has 0 saturated heterocycles. The van der Waals surface area contributed by atoms with Gasteiger partial charge in [0.15, 0.2) is 5.96 Å². The van der Waals surface area contributed by atoms with E-state index >= 15 is 0 Å². The van der Waals surface area contributed by atoms with Gasteiger partial charge in [-0.05, 0) is 23.8 Å². The summed E-state index contributed by atoms with van der Waals surface area (Å²) in [6.07, 6.45) is 2.58. The lowest BCUT2D eigenvalue weighted by Gasteiger charge is -2.05. The molecule has 122 valence electrons. The van der Waals surface area contributed by atoms with Gasteiger partial charge in [0.1, 0.15) is 5.82 Å². The van der Waals surface area contributed by atoms with Crippen molar-refractivity contribution in [3.63, 3.8) is 0 Å². The maximum absolute atomic E-state index is 13.4. The SMILES string of the molecule is NC(=NCCSCc1ccccc1F)NCCc1ccccn1. The molecule has 0 bridgehead atoms. The molecule has 6 heteroatoms. The number of pyridine rings is 1. The van der Waals surface area contributed by atoms with Crippen LogP contribution in [0.25, 0.3) is 0 Å². The van der Waals surface area contributed by atoms with Crippen LogP contribution in [0.1, 0.15) is 11.3 Å². The number of halogens is 1. The number of aliphatic imine (C=N–C) groups is 1. The Kier molecular flexibility index (Phi) is 7.39. The third kappa shape index (κ3) is 6.69. The molecular weight excluding hydrogens is 311 g/mol. The first-order chi connectivity index (χ1) is 11.3. The van der Waals surface area contributed by atoms with E-state index in [0.29, 0.717) is 24.8 Å². The van der Waals surface area contributed by atoms with E-state index in [4.69, 9.17) is 5.73 Å². The van der Waals surface area contributed by atoms with E-state index < -0.39 is 0 Å². The Bertz CT molecular complexity index is 619. The first-order valence-corrected chi connectivity index (χ1v) is 8.66. The normalized spacial score (nSPS) is 11.4. The van der Waals surface area contributed by atoms with Crippen molar-refractivity contribution in [2.75, 3.05) is 18.8 Å². The molecule has 2 aromatic rings. The van der Waals surface area contributed by atoms with Crippen LogP contribution in [-0.4, -0.2) is 29.8 Å². The predicted molar refractivity (Wildman–Crippen MR) is 95.0 cm³/mol. The predicted octanol–water partition coefficient (Wildman–Crippen LogP) is 2.60. The summed E-state index contributed by atoms with van der Waals surface area (Å²) in [5.41, 5.74) is 7.55. The number of benzene rings is 1. The van der Waals surface area contributed by atoms with Gasteiger partial charge in [-0.2, -0.15) is 11.8 Å². The van der Waals surface area contributed by atoms with Crippen molar-refractivity contribution in [3.05, 3.63) is 65.7 Å². The van der Waals surface area contributed by atoms with Gasteiger partial charge in [0.2, 0.25) is 0 Å². The van der Waals surface area contributed by atoms with E-state index in [1.807, 2.05) is 24.3 Å². The molecule has 0 aliphatic carbocycles. The van der Waals surface area contributed by atoms with Crippen LogP contribution in [0.2, 0.25) is 0 Å². The largest absolute Gasteiger partial charge is 0.370 e. The summed E-state index contributed by atoms with van der Waals surface area (Å²) in [7, 11) is 0. The Morgan fingerprint density at radius 2 is 2.04 bits per heavy atom. The lowest BCUT2D eigenvalue weighted by Crippen LogP contribution is -2.33. The highest BCUT2D eigenvalue weighted by atomic mass is 32.2. The quantitative estimate of drug-likeness (QED) is 0.443. The standard InChI is InChI=1S/C17H21FN4S/c18-16-7-2-1-5-14(16)13-23-12-11-22-17(19)21-10-8-15-6-3-4-9-20-15/h1-7,9H,8,10-13H2,(H3,19,21,22). The van der Waals surface area contributed by atoms with Crippen molar-refractivity contribution in [2.45, 2.75) is 12.2 Å². The summed E-state index contributed by atoms with van der Waals surface area (Å²) in [5.74, 6) is 1.73. The van der Waals surface area contributed by atoms with E-state index in [9.17, 15) is 4.39 Å². The van der Waals surface area contributed by atoms with Crippen LogP contribution in [0.3, 0.4) is 0 Å². The Hall–Kier alpha value is -2.08. The minimum atomic E-state index is -0.154. The van der Waals surface area contributed by atoms with Gasteiger partial charge in [-0.25, -0.2) is 4.39 Å². The summed E-state index contributed by atoms with van der Waals surface area (Å²) < 4.78 is 13.4. The fraction of sp³-hybridized carbons (Fsp3) is 0.294. The molecule has 1 heterocycles. The highest BCUT2D eigenvalue weighted by Crippen LogP contribution is 2.14. The van der Waals surface area contributed by atoms with Gasteiger partial charge < -0.3 is 11.1 Å². The monoisotopic (exact) mass is 332 g/mol. The van der Waals surface area contributed by atoms with Crippen molar-refractivity contribution >= 4 is 17.7 Å². The molecule has 0 saturated carbocycles. The molecule has 0 aliphatic rings. The van der Waals surface area contributed by atoms with E-state index in [0.717, 1.165) is 23.4 Å². The lowest BCUT2D eigenvalue weighted by atomic mass is 10.2. The fourth-order valence-corrected chi connectivity index (χ4v) is 2.77. The second kappa shape index (κ2) is 9.84. The number of thioether (sulfide) groups is 1. The van der Waals surface area contributed by atoms with Crippen LogP contribution in [0.15, 0.2) is 53.7 Å². The molecule has 0 radical (unpaired) electrons. The fourth-order valence-electron chi connectivity index (χ4n) is 1.95. The number of nitrogens with two attached hydrogens (primary N) is 1. The second-order valence-electron chi connectivity index (χ2n) is 4.91. The lowest BCUT2D eigenvalue weighted by molar-refractivity contribution is 0.617. The average Bonchev–Trinajstić information content (AvgIpc) is 2.57. The van der Waals surface area contributed by atoms with E-state index in [-0.39, 0.29) is 5.82 Å². The van der Waals surface area contributed by atoms with E-state index in [1.165, 1.54) is 6.07 Å². The first kappa shape index (κ1) is 17.3. The van der Waals surface area contributed by atoms with Crippen molar-refractivity contribution in [1.82, 2.24) is 10.3 Å². The topological polar surface area (TPSA) is 63.3 Å². The Labute approximate surface area is 140 Å². The molecule has 23 heavy (non-hydrogen) atoms. The number of guanidine groups is 1. The van der Waals surface area contributed by atoms with Crippen molar-refractivity contribution < 1.29 is 4.39 Å². The maximum Gasteiger partial charge on any atom is 0.188 e. The zero-order valence-corrected chi connectivity index (χ0v) is 13.7. The molecule has 1 aromatic carbocycles. The molecule has 2 rings (SSSR count). The Morgan fingerprint density at radius 1 is 1.22 bits per heavy atom. The molecule has 1 aromatic heterocycles. The van der Waals surface area contributed by atoms with Crippen molar-refractivity contribution in [3.8, 4) is 0 Å². The van der Waals surface area contributed by atoms with Gasteiger partial charge in [-0.1, -0.05) is 24.3 Å². The molecule has 0 amide bonds. The molecule has 0 spiro atoms. The zero-order chi connectivity index (χ0) is 16.3. The first-order valence-electron chi connectivity index (χ1n) is 7.50. The van der Waals surface area contributed by atoms with Crippen LogP contribution in [0.5, 0.6) is 0 Å². The van der Waals surface area contributed by atoms with Gasteiger partial charge in [-0.15, -0.1) is 0 Å². The summed E-state index contributed by atoms with van der Waals surface area (Å²) in [5, 5.41) is 3.07. The highest BCUT2D eigenvalue weighted by Gasteiger charge is 2.00. The molecule has 0 aliphatic heterocycles. The molecule has 4 nitrogen and oxygen atoms in total. The number of rotatable bonds is 8. The third-order valence-electron chi connectivity index (χ3n) is 3.15. The van der Waals surface area contributed by atoms with Gasteiger partial charge in [-0.3, -0.25) is 9.98 Å². The number of aromatic nitrogens is 1. The molecule has 0 fully saturated rings. The number of nitrogens with one attached hydrogen (secondary N) is 1. The van der Waals surface area contributed by atoms with Gasteiger partial charge >= 0.3 is 0 Å². The third-order valence-corrected chi connectivity index (χ3v) is 4.13. The number of hydrogen-bond donors (Lipinski definition) is 2. The van der Waals surface area contributed by atoms with Crippen LogP contribution in [0.4, 0.5) is 4.39 Å². The van der Waals surface area contributed by atoms with Gasteiger partial charge in [0, 0.05) is 36.4 Å². The van der Waals surface area contributed by atoms with Crippen molar-refractivity contribution in [1.29, 1.82) is 0 Å². The summed E-state index contributed by atoms with van der Waals surface area (Å²) in [6, 6.07) is 12.7. The van der Waals surface area contributed by atoms with Gasteiger partial charge in [0.05, 0.1) is 6.54 Å². The maximum atomic E-state index is 13.4. The minimum absolute atomic E-state index is 0.154. The number of hydrogen-bond acceptors (Lipinski definition) is 3. The van der Waals surface area contributed by atoms with Crippen LogP contribution in [0, 0.1) is 5.82 Å². The minimum Gasteiger partial charge on any atom is -0.370 e. The van der Waals surface area contributed by atoms with Crippen LogP contribution in [-0.2, 0) is 12.2 Å². The summed E-state index contributed by atoms with van der Waals surface area (Å²) in [4.78, 5) is 8.50. The summed E-state index contributed by atoms with van der Waals surface area (Å²) >= 11 is 1.64.